The SMILES string of the molecule is Cc1nc(=O)n(CCN2CCCC2)c(C)c1Br. The molecule has 2 rings (SSSR count). The summed E-state index contributed by atoms with van der Waals surface area (Å²) in [7, 11) is 0. The van der Waals surface area contributed by atoms with E-state index in [0.29, 0.717) is 0 Å². The molecule has 0 N–H and O–H groups in total. The first-order chi connectivity index (χ1) is 8.09. The molecule has 1 aromatic rings. The van der Waals surface area contributed by atoms with Crippen LogP contribution in [0.15, 0.2) is 9.27 Å². The van der Waals surface area contributed by atoms with Crippen molar-refractivity contribution in [3.05, 3.63) is 26.3 Å². The molecule has 17 heavy (non-hydrogen) atoms. The van der Waals surface area contributed by atoms with E-state index in [0.717, 1.165) is 42.0 Å². The van der Waals surface area contributed by atoms with Crippen molar-refractivity contribution < 1.29 is 0 Å². The van der Waals surface area contributed by atoms with E-state index >= 15 is 0 Å². The van der Waals surface area contributed by atoms with Crippen LogP contribution >= 0.6 is 15.9 Å². The van der Waals surface area contributed by atoms with Crippen molar-refractivity contribution in [3.8, 4) is 0 Å². The molecule has 2 heterocycles. The third-order valence-corrected chi connectivity index (χ3v) is 4.52. The standard InChI is InChI=1S/C12H18BrN3O/c1-9-11(13)10(2)16(12(17)14-9)8-7-15-5-3-4-6-15/h3-8H2,1-2H3. The minimum Gasteiger partial charge on any atom is -0.302 e. The summed E-state index contributed by atoms with van der Waals surface area (Å²) < 4.78 is 2.70. The molecule has 0 unspecified atom stereocenters. The van der Waals surface area contributed by atoms with Crippen LogP contribution in [0.2, 0.25) is 0 Å². The van der Waals surface area contributed by atoms with E-state index in [1.807, 2.05) is 13.8 Å². The summed E-state index contributed by atoms with van der Waals surface area (Å²) in [4.78, 5) is 18.3. The van der Waals surface area contributed by atoms with Crippen molar-refractivity contribution in [2.75, 3.05) is 19.6 Å². The molecule has 0 spiro atoms. The molecule has 94 valence electrons. The average molecular weight is 300 g/mol. The Morgan fingerprint density at radius 3 is 2.53 bits per heavy atom. The quantitative estimate of drug-likeness (QED) is 0.853. The van der Waals surface area contributed by atoms with Gasteiger partial charge in [-0.2, -0.15) is 4.98 Å². The van der Waals surface area contributed by atoms with Crippen LogP contribution in [0.4, 0.5) is 0 Å². The maximum Gasteiger partial charge on any atom is 0.348 e. The van der Waals surface area contributed by atoms with Gasteiger partial charge in [-0.3, -0.25) is 4.57 Å². The van der Waals surface area contributed by atoms with Crippen LogP contribution in [0.3, 0.4) is 0 Å². The van der Waals surface area contributed by atoms with Crippen molar-refractivity contribution in [1.29, 1.82) is 0 Å². The fourth-order valence-electron chi connectivity index (χ4n) is 2.29. The number of hydrogen-bond acceptors (Lipinski definition) is 3. The summed E-state index contributed by atoms with van der Waals surface area (Å²) in [5.74, 6) is 0. The summed E-state index contributed by atoms with van der Waals surface area (Å²) in [6, 6.07) is 0. The molecule has 0 amide bonds. The molecule has 1 aliphatic heterocycles. The summed E-state index contributed by atoms with van der Waals surface area (Å²) in [6.45, 7) is 7.81. The van der Waals surface area contributed by atoms with Crippen molar-refractivity contribution in [2.45, 2.75) is 33.2 Å². The van der Waals surface area contributed by atoms with E-state index in [-0.39, 0.29) is 5.69 Å². The van der Waals surface area contributed by atoms with Gasteiger partial charge in [0.1, 0.15) is 0 Å². The molecule has 0 atom stereocenters. The number of nitrogens with zero attached hydrogens (tertiary/aromatic N) is 3. The van der Waals surface area contributed by atoms with Gasteiger partial charge in [0.15, 0.2) is 0 Å². The third-order valence-electron chi connectivity index (χ3n) is 3.37. The van der Waals surface area contributed by atoms with Crippen molar-refractivity contribution in [1.82, 2.24) is 14.5 Å². The van der Waals surface area contributed by atoms with E-state index in [1.54, 1.807) is 4.57 Å². The lowest BCUT2D eigenvalue weighted by molar-refractivity contribution is 0.318. The van der Waals surface area contributed by atoms with Crippen LogP contribution in [0, 0.1) is 13.8 Å². The molecular formula is C12H18BrN3O. The second-order valence-corrected chi connectivity index (χ2v) is 5.37. The van der Waals surface area contributed by atoms with Gasteiger partial charge in [0.25, 0.3) is 0 Å². The summed E-state index contributed by atoms with van der Waals surface area (Å²) >= 11 is 3.48. The number of halogens is 1. The van der Waals surface area contributed by atoms with E-state index in [4.69, 9.17) is 0 Å². The highest BCUT2D eigenvalue weighted by atomic mass is 79.9. The molecule has 1 saturated heterocycles. The minimum atomic E-state index is -0.137. The number of likely N-dealkylation sites (tertiary alicyclic amines) is 1. The van der Waals surface area contributed by atoms with E-state index in [9.17, 15) is 4.79 Å². The molecule has 0 aliphatic carbocycles. The Bertz CT molecular complexity index is 464. The maximum absolute atomic E-state index is 11.8. The fourth-order valence-corrected chi connectivity index (χ4v) is 2.59. The lowest BCUT2D eigenvalue weighted by atomic mass is 10.3. The summed E-state index contributed by atoms with van der Waals surface area (Å²) in [6.07, 6.45) is 2.56. The van der Waals surface area contributed by atoms with Gasteiger partial charge in [-0.1, -0.05) is 0 Å². The van der Waals surface area contributed by atoms with Crippen molar-refractivity contribution in [2.24, 2.45) is 0 Å². The number of aryl methyl sites for hydroxylation is 1. The molecule has 4 nitrogen and oxygen atoms in total. The van der Waals surface area contributed by atoms with E-state index in [2.05, 4.69) is 25.8 Å². The number of aromatic nitrogens is 2. The Morgan fingerprint density at radius 1 is 1.24 bits per heavy atom. The van der Waals surface area contributed by atoms with Gasteiger partial charge < -0.3 is 4.90 Å². The average Bonchev–Trinajstić information content (AvgIpc) is 2.79. The number of rotatable bonds is 3. The first kappa shape index (κ1) is 12.8. The van der Waals surface area contributed by atoms with Crippen LogP contribution in [0.25, 0.3) is 0 Å². The van der Waals surface area contributed by atoms with Gasteiger partial charge in [-0.25, -0.2) is 4.79 Å². The lowest BCUT2D eigenvalue weighted by Gasteiger charge is -2.17. The Kier molecular flexibility index (Phi) is 3.99. The minimum absolute atomic E-state index is 0.137. The van der Waals surface area contributed by atoms with Crippen LogP contribution in [0.5, 0.6) is 0 Å². The summed E-state index contributed by atoms with van der Waals surface area (Å²) in [5, 5.41) is 0. The van der Waals surface area contributed by atoms with E-state index < -0.39 is 0 Å². The van der Waals surface area contributed by atoms with Gasteiger partial charge in [-0.15, -0.1) is 0 Å². The molecule has 5 heteroatoms. The molecule has 0 aromatic carbocycles. The second-order valence-electron chi connectivity index (χ2n) is 4.58. The topological polar surface area (TPSA) is 38.1 Å². The maximum atomic E-state index is 11.8. The lowest BCUT2D eigenvalue weighted by Crippen LogP contribution is -2.32. The third kappa shape index (κ3) is 2.77. The highest BCUT2D eigenvalue weighted by Crippen LogP contribution is 2.16. The molecular weight excluding hydrogens is 282 g/mol. The monoisotopic (exact) mass is 299 g/mol. The highest BCUT2D eigenvalue weighted by molar-refractivity contribution is 9.10. The van der Waals surface area contributed by atoms with Gasteiger partial charge >= 0.3 is 5.69 Å². The zero-order chi connectivity index (χ0) is 12.4. The summed E-state index contributed by atoms with van der Waals surface area (Å²) in [5.41, 5.74) is 1.61. The zero-order valence-corrected chi connectivity index (χ0v) is 12.0. The van der Waals surface area contributed by atoms with Crippen LogP contribution in [-0.4, -0.2) is 34.1 Å². The normalized spacial score (nSPS) is 16.6. The van der Waals surface area contributed by atoms with Gasteiger partial charge in [0, 0.05) is 18.8 Å². The largest absolute Gasteiger partial charge is 0.348 e. The Hall–Kier alpha value is -0.680. The first-order valence-electron chi connectivity index (χ1n) is 6.05. The fraction of sp³-hybridized carbons (Fsp3) is 0.667. The van der Waals surface area contributed by atoms with E-state index in [1.165, 1.54) is 12.8 Å². The first-order valence-corrected chi connectivity index (χ1v) is 6.85. The van der Waals surface area contributed by atoms with Crippen molar-refractivity contribution >= 4 is 15.9 Å². The van der Waals surface area contributed by atoms with Crippen LogP contribution in [-0.2, 0) is 6.54 Å². The van der Waals surface area contributed by atoms with Gasteiger partial charge in [0.2, 0.25) is 0 Å². The zero-order valence-electron chi connectivity index (χ0n) is 10.4. The molecule has 1 fully saturated rings. The molecule has 0 bridgehead atoms. The molecule has 0 radical (unpaired) electrons. The smallest absolute Gasteiger partial charge is 0.302 e. The molecule has 0 saturated carbocycles. The van der Waals surface area contributed by atoms with Crippen LogP contribution in [0.1, 0.15) is 24.2 Å². The van der Waals surface area contributed by atoms with Gasteiger partial charge in [-0.05, 0) is 55.7 Å². The predicted molar refractivity (Wildman–Crippen MR) is 71.3 cm³/mol. The predicted octanol–water partition coefficient (Wildman–Crippen LogP) is 1.72. The Balaban J connectivity index is 2.15. The van der Waals surface area contributed by atoms with Crippen molar-refractivity contribution in [3.63, 3.8) is 0 Å². The molecule has 1 aromatic heterocycles. The second kappa shape index (κ2) is 5.31. The Labute approximate surface area is 110 Å². The Morgan fingerprint density at radius 2 is 1.88 bits per heavy atom. The van der Waals surface area contributed by atoms with Crippen LogP contribution < -0.4 is 5.69 Å². The number of hydrogen-bond donors (Lipinski definition) is 0. The highest BCUT2D eigenvalue weighted by Gasteiger charge is 2.13. The van der Waals surface area contributed by atoms with Gasteiger partial charge in [0.05, 0.1) is 10.2 Å². The molecule has 1 aliphatic rings.